The fraction of sp³-hybridized carbons (Fsp3) is 0.391. The average molecular weight is 443 g/mol. The van der Waals surface area contributed by atoms with Crippen LogP contribution in [0, 0.1) is 0 Å². The molecule has 1 atom stereocenters. The lowest BCUT2D eigenvalue weighted by Gasteiger charge is -2.44. The van der Waals surface area contributed by atoms with Gasteiger partial charge in [0.05, 0.1) is 24.5 Å². The molecule has 0 spiro atoms. The van der Waals surface area contributed by atoms with Gasteiger partial charge in [0.15, 0.2) is 0 Å². The van der Waals surface area contributed by atoms with Gasteiger partial charge in [-0.15, -0.1) is 0 Å². The second-order valence-corrected chi connectivity index (χ2v) is 7.65. The van der Waals surface area contributed by atoms with E-state index in [1.165, 1.54) is 13.4 Å². The fourth-order valence-electron chi connectivity index (χ4n) is 4.35. The minimum atomic E-state index is -4.90. The Bertz CT molecular complexity index is 866. The first kappa shape index (κ1) is 23.2. The van der Waals surface area contributed by atoms with Crippen molar-refractivity contribution >= 4 is 0 Å². The number of piperidine rings is 1. The van der Waals surface area contributed by atoms with Crippen LogP contribution in [0.5, 0.6) is 0 Å². The van der Waals surface area contributed by atoms with Gasteiger partial charge >= 0.3 is 12.4 Å². The molecule has 0 aliphatic carbocycles. The van der Waals surface area contributed by atoms with E-state index in [-0.39, 0.29) is 11.6 Å². The van der Waals surface area contributed by atoms with E-state index >= 15 is 0 Å². The molecule has 8 heteroatoms. The molecule has 1 unspecified atom stereocenters. The minimum absolute atomic E-state index is 0.0406. The van der Waals surface area contributed by atoms with E-state index in [1.54, 1.807) is 6.08 Å². The van der Waals surface area contributed by atoms with Crippen molar-refractivity contribution in [3.8, 4) is 0 Å². The number of hydrogen-bond acceptors (Lipinski definition) is 2. The van der Waals surface area contributed by atoms with Crippen molar-refractivity contribution in [2.24, 2.45) is 0 Å². The zero-order valence-electron chi connectivity index (χ0n) is 16.9. The van der Waals surface area contributed by atoms with E-state index in [2.05, 4.69) is 5.32 Å². The summed E-state index contributed by atoms with van der Waals surface area (Å²) in [6, 6.07) is 11.0. The molecule has 31 heavy (non-hydrogen) atoms. The zero-order valence-corrected chi connectivity index (χ0v) is 16.9. The number of nitrogens with one attached hydrogen (secondary N) is 1. The number of hydrogen-bond donors (Lipinski definition) is 1. The standard InChI is InChI=1S/C23H23F6NO/c1-31-12-7-20(21(8-10-30-11-9-21)17-5-3-2-4-6-17)16-13-18(22(24,25)26)15-19(14-16)23(27,28)29/h2-7,12-15,20,30H,8-11H2,1H3. The molecule has 2 nitrogen and oxygen atoms in total. The van der Waals surface area contributed by atoms with Gasteiger partial charge in [-0.05, 0) is 61.3 Å². The lowest BCUT2D eigenvalue weighted by atomic mass is 9.62. The summed E-state index contributed by atoms with van der Waals surface area (Å²) in [5.41, 5.74) is -2.49. The Kier molecular flexibility index (Phi) is 6.69. The summed E-state index contributed by atoms with van der Waals surface area (Å²) < 4.78 is 86.0. The van der Waals surface area contributed by atoms with Gasteiger partial charge in [0.25, 0.3) is 0 Å². The predicted octanol–water partition coefficient (Wildman–Crippen LogP) is 6.29. The van der Waals surface area contributed by atoms with Crippen molar-refractivity contribution in [2.45, 2.75) is 36.5 Å². The van der Waals surface area contributed by atoms with Gasteiger partial charge in [0.1, 0.15) is 0 Å². The molecule has 1 heterocycles. The maximum absolute atomic E-state index is 13.5. The summed E-state index contributed by atoms with van der Waals surface area (Å²) in [4.78, 5) is 0. The molecule has 2 aromatic carbocycles. The first-order valence-corrected chi connectivity index (χ1v) is 9.83. The van der Waals surface area contributed by atoms with E-state index in [9.17, 15) is 26.3 Å². The third-order valence-corrected chi connectivity index (χ3v) is 5.82. The number of rotatable bonds is 5. The summed E-state index contributed by atoms with van der Waals surface area (Å²) in [7, 11) is 1.39. The van der Waals surface area contributed by atoms with Gasteiger partial charge in [0.2, 0.25) is 0 Å². The van der Waals surface area contributed by atoms with E-state index < -0.39 is 34.8 Å². The summed E-state index contributed by atoms with van der Waals surface area (Å²) >= 11 is 0. The van der Waals surface area contributed by atoms with Crippen molar-refractivity contribution in [3.63, 3.8) is 0 Å². The Balaban J connectivity index is 2.26. The highest BCUT2D eigenvalue weighted by Gasteiger charge is 2.43. The quantitative estimate of drug-likeness (QED) is 0.433. The van der Waals surface area contributed by atoms with Crippen LogP contribution in [0.4, 0.5) is 26.3 Å². The maximum Gasteiger partial charge on any atom is 0.416 e. The number of ether oxygens (including phenoxy) is 1. The third kappa shape index (κ3) is 5.06. The first-order valence-electron chi connectivity index (χ1n) is 9.83. The van der Waals surface area contributed by atoms with Crippen LogP contribution in [0.25, 0.3) is 0 Å². The van der Waals surface area contributed by atoms with Gasteiger partial charge in [-0.25, -0.2) is 0 Å². The van der Waals surface area contributed by atoms with Crippen LogP contribution < -0.4 is 5.32 Å². The Morgan fingerprint density at radius 3 is 1.94 bits per heavy atom. The normalized spacial score (nSPS) is 18.2. The smallest absolute Gasteiger partial charge is 0.416 e. The summed E-state index contributed by atoms with van der Waals surface area (Å²) in [6.45, 7) is 1.19. The minimum Gasteiger partial charge on any atom is -0.505 e. The van der Waals surface area contributed by atoms with Gasteiger partial charge in [-0.3, -0.25) is 0 Å². The Hall–Kier alpha value is -2.48. The van der Waals surface area contributed by atoms with Gasteiger partial charge in [-0.2, -0.15) is 26.3 Å². The highest BCUT2D eigenvalue weighted by atomic mass is 19.4. The lowest BCUT2D eigenvalue weighted by Crippen LogP contribution is -2.43. The second-order valence-electron chi connectivity index (χ2n) is 7.65. The fourth-order valence-corrected chi connectivity index (χ4v) is 4.35. The highest BCUT2D eigenvalue weighted by molar-refractivity contribution is 5.42. The first-order chi connectivity index (χ1) is 14.6. The number of benzene rings is 2. The van der Waals surface area contributed by atoms with Crippen molar-refractivity contribution < 1.29 is 31.1 Å². The molecule has 1 N–H and O–H groups in total. The van der Waals surface area contributed by atoms with E-state index in [0.29, 0.717) is 25.9 Å². The molecule has 0 aromatic heterocycles. The van der Waals surface area contributed by atoms with Crippen LogP contribution in [0.2, 0.25) is 0 Å². The summed E-state index contributed by atoms with van der Waals surface area (Å²) in [5.74, 6) is -0.750. The van der Waals surface area contributed by atoms with E-state index in [0.717, 1.165) is 17.7 Å². The van der Waals surface area contributed by atoms with Crippen LogP contribution >= 0.6 is 0 Å². The Morgan fingerprint density at radius 2 is 1.45 bits per heavy atom. The molecule has 0 amide bonds. The summed E-state index contributed by atoms with van der Waals surface area (Å²) in [6.07, 6.45) is -5.82. The largest absolute Gasteiger partial charge is 0.505 e. The molecule has 0 saturated carbocycles. The van der Waals surface area contributed by atoms with Crippen molar-refractivity contribution in [1.29, 1.82) is 0 Å². The zero-order chi connectivity index (χ0) is 22.7. The molecule has 0 radical (unpaired) electrons. The molecule has 1 aliphatic rings. The number of allylic oxidation sites excluding steroid dienone is 1. The van der Waals surface area contributed by atoms with Crippen LogP contribution in [-0.4, -0.2) is 20.2 Å². The molecular formula is C23H23F6NO. The molecule has 1 saturated heterocycles. The van der Waals surface area contributed by atoms with Crippen molar-refractivity contribution in [3.05, 3.63) is 83.1 Å². The number of alkyl halides is 6. The molecule has 3 rings (SSSR count). The molecule has 2 aromatic rings. The summed E-state index contributed by atoms with van der Waals surface area (Å²) in [5, 5.41) is 3.23. The molecule has 1 aliphatic heterocycles. The highest BCUT2D eigenvalue weighted by Crippen LogP contribution is 2.48. The molecule has 0 bridgehead atoms. The Labute approximate surface area is 176 Å². The predicted molar refractivity (Wildman–Crippen MR) is 106 cm³/mol. The maximum atomic E-state index is 13.5. The van der Waals surface area contributed by atoms with Gasteiger partial charge in [0, 0.05) is 11.3 Å². The third-order valence-electron chi connectivity index (χ3n) is 5.82. The van der Waals surface area contributed by atoms with Crippen molar-refractivity contribution in [1.82, 2.24) is 5.32 Å². The number of methoxy groups -OCH3 is 1. The van der Waals surface area contributed by atoms with E-state index in [4.69, 9.17) is 4.74 Å². The molecule has 168 valence electrons. The number of halogens is 6. The van der Waals surface area contributed by atoms with Crippen LogP contribution in [-0.2, 0) is 22.5 Å². The topological polar surface area (TPSA) is 21.3 Å². The van der Waals surface area contributed by atoms with Gasteiger partial charge < -0.3 is 10.1 Å². The monoisotopic (exact) mass is 443 g/mol. The van der Waals surface area contributed by atoms with Crippen LogP contribution in [0.3, 0.4) is 0 Å². The van der Waals surface area contributed by atoms with Crippen LogP contribution in [0.1, 0.15) is 41.0 Å². The second kappa shape index (κ2) is 8.94. The SMILES string of the molecule is COC=CC(c1cc(C(F)(F)F)cc(C(F)(F)F)c1)C1(c2ccccc2)CCNCC1. The van der Waals surface area contributed by atoms with E-state index in [1.807, 2.05) is 30.3 Å². The molecule has 1 fully saturated rings. The molecular weight excluding hydrogens is 420 g/mol. The average Bonchev–Trinajstić information content (AvgIpc) is 2.74. The van der Waals surface area contributed by atoms with Crippen LogP contribution in [0.15, 0.2) is 60.9 Å². The lowest BCUT2D eigenvalue weighted by molar-refractivity contribution is -0.143. The Morgan fingerprint density at radius 1 is 0.903 bits per heavy atom. The van der Waals surface area contributed by atoms with Gasteiger partial charge in [-0.1, -0.05) is 30.3 Å². The van der Waals surface area contributed by atoms with Crippen molar-refractivity contribution in [2.75, 3.05) is 20.2 Å².